The second-order valence-corrected chi connectivity index (χ2v) is 12.9. The lowest BCUT2D eigenvalue weighted by molar-refractivity contribution is -0.123. The van der Waals surface area contributed by atoms with Gasteiger partial charge in [-0.3, -0.25) is 14.5 Å². The van der Waals surface area contributed by atoms with Crippen LogP contribution in [0.15, 0.2) is 102 Å². The van der Waals surface area contributed by atoms with Gasteiger partial charge in [-0.2, -0.15) is 0 Å². The third-order valence-electron chi connectivity index (χ3n) is 7.90. The summed E-state index contributed by atoms with van der Waals surface area (Å²) in [5.41, 5.74) is 5.48. The van der Waals surface area contributed by atoms with Crippen LogP contribution in [0.2, 0.25) is 5.02 Å². The van der Waals surface area contributed by atoms with E-state index in [2.05, 4.69) is 56.4 Å². The van der Waals surface area contributed by atoms with Gasteiger partial charge in [0.2, 0.25) is 0 Å². The van der Waals surface area contributed by atoms with Crippen molar-refractivity contribution in [2.75, 3.05) is 10.2 Å². The molecule has 0 radical (unpaired) electrons. The average molecular weight is 567 g/mol. The van der Waals surface area contributed by atoms with Crippen LogP contribution in [0.1, 0.15) is 65.5 Å². The third kappa shape index (κ3) is 4.78. The molecule has 40 heavy (non-hydrogen) atoms. The number of hydrogen-bond acceptors (Lipinski definition) is 4. The van der Waals surface area contributed by atoms with Gasteiger partial charge in [0.25, 0.3) is 5.91 Å². The van der Waals surface area contributed by atoms with Crippen molar-refractivity contribution >= 4 is 46.0 Å². The molecule has 2 heterocycles. The third-order valence-corrected chi connectivity index (χ3v) is 9.10. The van der Waals surface area contributed by atoms with Crippen molar-refractivity contribution in [1.82, 2.24) is 0 Å². The lowest BCUT2D eigenvalue weighted by Crippen LogP contribution is -2.42. The number of para-hydroxylation sites is 2. The van der Waals surface area contributed by atoms with Gasteiger partial charge in [-0.1, -0.05) is 99.1 Å². The standard InChI is InChI=1S/C34H31ClN2O2S/c1-34(2,3)23-16-14-21(15-17-23)22-19-27-31(29(38)20-22)32(24-9-4-5-10-25(24)35)37(33(39)30-13-8-18-40-30)28-12-7-6-11-26(28)36-27/h4-19,22,31-32,36H,20H2,1-3H3/t22-,31+,32-/m0/s1. The number of anilines is 2. The SMILES string of the molecule is CC(C)(C)c1ccc([C@H]2C=C3Nc4ccccc4N(C(=O)c4cccs4)[C@@H](c4ccccc4Cl)[C@H]3C(=O)C2)cc1. The molecule has 4 nitrogen and oxygen atoms in total. The Labute approximate surface area is 244 Å². The topological polar surface area (TPSA) is 49.4 Å². The molecule has 6 heteroatoms. The lowest BCUT2D eigenvalue weighted by Gasteiger charge is -2.38. The first kappa shape index (κ1) is 26.5. The summed E-state index contributed by atoms with van der Waals surface area (Å²) in [4.78, 5) is 30.8. The fourth-order valence-electron chi connectivity index (χ4n) is 5.84. The Balaban J connectivity index is 1.52. The summed E-state index contributed by atoms with van der Waals surface area (Å²) >= 11 is 8.20. The fraction of sp³-hybridized carbons (Fsp3) is 0.235. The summed E-state index contributed by atoms with van der Waals surface area (Å²) in [5.74, 6) is -0.736. The molecule has 1 amide bonds. The monoisotopic (exact) mass is 566 g/mol. The Bertz CT molecular complexity index is 1600. The minimum atomic E-state index is -0.609. The number of halogens is 1. The molecular weight excluding hydrogens is 536 g/mol. The van der Waals surface area contributed by atoms with E-state index in [0.717, 1.165) is 28.2 Å². The highest BCUT2D eigenvalue weighted by Crippen LogP contribution is 2.49. The molecule has 0 saturated carbocycles. The zero-order valence-electron chi connectivity index (χ0n) is 22.7. The molecule has 4 aromatic rings. The van der Waals surface area contributed by atoms with Gasteiger partial charge in [-0.25, -0.2) is 0 Å². The predicted molar refractivity (Wildman–Crippen MR) is 164 cm³/mol. The minimum Gasteiger partial charge on any atom is -0.357 e. The Morgan fingerprint density at radius 2 is 1.68 bits per heavy atom. The lowest BCUT2D eigenvalue weighted by atomic mass is 9.75. The average Bonchev–Trinajstić information content (AvgIpc) is 3.43. The first-order chi connectivity index (χ1) is 19.2. The fourth-order valence-corrected chi connectivity index (χ4v) is 6.75. The van der Waals surface area contributed by atoms with Crippen molar-refractivity contribution in [2.24, 2.45) is 5.92 Å². The van der Waals surface area contributed by atoms with Crippen LogP contribution < -0.4 is 10.2 Å². The summed E-state index contributed by atoms with van der Waals surface area (Å²) in [6, 6.07) is 27.0. The van der Waals surface area contributed by atoms with E-state index in [1.54, 1.807) is 4.90 Å². The van der Waals surface area contributed by atoms with Gasteiger partial charge in [-0.15, -0.1) is 11.3 Å². The van der Waals surface area contributed by atoms with E-state index in [9.17, 15) is 9.59 Å². The number of carbonyl (C=O) groups is 2. The van der Waals surface area contributed by atoms with E-state index >= 15 is 0 Å². The molecule has 0 saturated heterocycles. The summed E-state index contributed by atoms with van der Waals surface area (Å²) in [6.07, 6.45) is 2.53. The molecule has 3 atom stereocenters. The maximum atomic E-state index is 14.2. The van der Waals surface area contributed by atoms with Crippen LogP contribution in [0.3, 0.4) is 0 Å². The highest BCUT2D eigenvalue weighted by molar-refractivity contribution is 7.12. The number of thiophene rings is 1. The second-order valence-electron chi connectivity index (χ2n) is 11.5. The molecule has 0 spiro atoms. The zero-order valence-corrected chi connectivity index (χ0v) is 24.3. The van der Waals surface area contributed by atoms with Crippen LogP contribution in [-0.4, -0.2) is 11.7 Å². The second kappa shape index (κ2) is 10.4. The van der Waals surface area contributed by atoms with Gasteiger partial charge in [-0.05, 0) is 51.8 Å². The van der Waals surface area contributed by atoms with Crippen molar-refractivity contribution in [2.45, 2.75) is 44.6 Å². The molecular formula is C34H31ClN2O2S. The van der Waals surface area contributed by atoms with Crippen LogP contribution in [0, 0.1) is 5.92 Å². The van der Waals surface area contributed by atoms with Gasteiger partial charge >= 0.3 is 0 Å². The molecule has 0 unspecified atom stereocenters. The van der Waals surface area contributed by atoms with Crippen molar-refractivity contribution in [1.29, 1.82) is 0 Å². The van der Waals surface area contributed by atoms with Gasteiger partial charge in [0.05, 0.1) is 28.2 Å². The number of carbonyl (C=O) groups excluding carboxylic acids is 2. The summed E-state index contributed by atoms with van der Waals surface area (Å²) in [5, 5.41) is 6.01. The van der Waals surface area contributed by atoms with Crippen LogP contribution in [-0.2, 0) is 10.2 Å². The van der Waals surface area contributed by atoms with E-state index < -0.39 is 12.0 Å². The first-order valence-electron chi connectivity index (χ1n) is 13.5. The predicted octanol–water partition coefficient (Wildman–Crippen LogP) is 8.77. The number of amides is 1. The molecule has 1 N–H and O–H groups in total. The van der Waals surface area contributed by atoms with Crippen molar-refractivity contribution in [3.63, 3.8) is 0 Å². The number of nitrogens with one attached hydrogen (secondary N) is 1. The van der Waals surface area contributed by atoms with Crippen molar-refractivity contribution in [3.05, 3.63) is 129 Å². The molecule has 2 aliphatic rings. The quantitative estimate of drug-likeness (QED) is 0.269. The number of hydrogen-bond donors (Lipinski definition) is 1. The molecule has 6 rings (SSSR count). The number of benzene rings is 3. The Kier molecular flexibility index (Phi) is 6.89. The Morgan fingerprint density at radius 3 is 2.38 bits per heavy atom. The molecule has 1 aliphatic heterocycles. The van der Waals surface area contributed by atoms with Gasteiger partial charge in [0.1, 0.15) is 5.78 Å². The molecule has 1 aliphatic carbocycles. The van der Waals surface area contributed by atoms with E-state index in [-0.39, 0.29) is 23.0 Å². The molecule has 3 aromatic carbocycles. The number of Topliss-reactive ketones (excluding diaryl/α,β-unsaturated/α-hetero) is 1. The number of fused-ring (bicyclic) bond motifs is 2. The van der Waals surface area contributed by atoms with E-state index in [4.69, 9.17) is 11.6 Å². The number of nitrogens with zero attached hydrogens (tertiary/aromatic N) is 1. The minimum absolute atomic E-state index is 0.0533. The highest BCUT2D eigenvalue weighted by atomic mass is 35.5. The van der Waals surface area contributed by atoms with Crippen LogP contribution in [0.25, 0.3) is 0 Å². The molecule has 202 valence electrons. The van der Waals surface area contributed by atoms with Crippen molar-refractivity contribution < 1.29 is 9.59 Å². The van der Waals surface area contributed by atoms with E-state index in [1.165, 1.54) is 16.9 Å². The molecule has 0 bridgehead atoms. The Morgan fingerprint density at radius 1 is 0.950 bits per heavy atom. The summed E-state index contributed by atoms with van der Waals surface area (Å²) in [6.45, 7) is 6.59. The maximum absolute atomic E-state index is 14.2. The summed E-state index contributed by atoms with van der Waals surface area (Å²) in [7, 11) is 0. The zero-order chi connectivity index (χ0) is 28.0. The number of ketones is 1. The smallest absolute Gasteiger partial charge is 0.269 e. The van der Waals surface area contributed by atoms with Gasteiger partial charge in [0, 0.05) is 23.1 Å². The van der Waals surface area contributed by atoms with E-state index in [0.29, 0.717) is 16.3 Å². The summed E-state index contributed by atoms with van der Waals surface area (Å²) < 4.78 is 0. The number of rotatable bonds is 3. The van der Waals surface area contributed by atoms with Gasteiger partial charge < -0.3 is 5.32 Å². The van der Waals surface area contributed by atoms with Crippen molar-refractivity contribution in [3.8, 4) is 0 Å². The Hall–Kier alpha value is -3.67. The largest absolute Gasteiger partial charge is 0.357 e. The van der Waals surface area contributed by atoms with Crippen LogP contribution in [0.4, 0.5) is 11.4 Å². The highest BCUT2D eigenvalue weighted by Gasteiger charge is 2.46. The van der Waals surface area contributed by atoms with E-state index in [1.807, 2.05) is 66.0 Å². The number of allylic oxidation sites excluding steroid dienone is 1. The van der Waals surface area contributed by atoms with Crippen LogP contribution >= 0.6 is 22.9 Å². The first-order valence-corrected chi connectivity index (χ1v) is 14.8. The molecule has 1 aromatic heterocycles. The maximum Gasteiger partial charge on any atom is 0.269 e. The normalized spacial score (nSPS) is 20.6. The van der Waals surface area contributed by atoms with Gasteiger partial charge in [0.15, 0.2) is 0 Å². The molecule has 0 fully saturated rings. The van der Waals surface area contributed by atoms with Crippen LogP contribution in [0.5, 0.6) is 0 Å².